The molecule has 0 radical (unpaired) electrons. The van der Waals surface area contributed by atoms with Crippen LogP contribution in [0.4, 0.5) is 17.1 Å². The van der Waals surface area contributed by atoms with Crippen molar-refractivity contribution in [3.8, 4) is 0 Å². The fraction of sp³-hybridized carbons (Fsp3) is 0.650. The van der Waals surface area contributed by atoms with Gasteiger partial charge in [0.05, 0.1) is 11.4 Å². The van der Waals surface area contributed by atoms with Crippen LogP contribution in [-0.2, 0) is 4.79 Å². The molecular formula is C20H34N4O. The monoisotopic (exact) mass is 346 g/mol. The number of piperidine rings is 1. The fourth-order valence-corrected chi connectivity index (χ4v) is 3.20. The number of carbonyl (C=O) groups is 1. The van der Waals surface area contributed by atoms with Gasteiger partial charge in [-0.3, -0.25) is 4.79 Å². The summed E-state index contributed by atoms with van der Waals surface area (Å²) in [5.41, 5.74) is 8.47. The summed E-state index contributed by atoms with van der Waals surface area (Å²) in [5, 5.41) is 6.33. The maximum atomic E-state index is 12.0. The van der Waals surface area contributed by atoms with Crippen molar-refractivity contribution in [2.75, 3.05) is 42.5 Å². The maximum absolute atomic E-state index is 12.0. The van der Waals surface area contributed by atoms with Crippen LogP contribution in [0.25, 0.3) is 0 Å². The van der Waals surface area contributed by atoms with Crippen molar-refractivity contribution in [3.63, 3.8) is 0 Å². The molecule has 1 saturated heterocycles. The Labute approximate surface area is 152 Å². The Balaban J connectivity index is 1.75. The van der Waals surface area contributed by atoms with Crippen LogP contribution in [0.3, 0.4) is 0 Å². The highest BCUT2D eigenvalue weighted by Gasteiger charge is 2.16. The van der Waals surface area contributed by atoms with Crippen LogP contribution in [0.1, 0.15) is 52.9 Å². The maximum Gasteiger partial charge on any atom is 0.224 e. The normalized spacial score (nSPS) is 15.8. The van der Waals surface area contributed by atoms with Gasteiger partial charge in [0.25, 0.3) is 0 Å². The number of hydrogen-bond donors (Lipinski definition) is 3. The predicted octanol–water partition coefficient (Wildman–Crippen LogP) is 3.93. The molecule has 0 bridgehead atoms. The second-order valence-electron chi connectivity index (χ2n) is 8.27. The second kappa shape index (κ2) is 9.09. The lowest BCUT2D eigenvalue weighted by Crippen LogP contribution is -2.31. The molecule has 140 valence electrons. The molecule has 1 aliphatic heterocycles. The Morgan fingerprint density at radius 2 is 1.92 bits per heavy atom. The molecule has 0 spiro atoms. The Morgan fingerprint density at radius 1 is 1.20 bits per heavy atom. The number of carbonyl (C=O) groups excluding carboxylic acids is 1. The van der Waals surface area contributed by atoms with Gasteiger partial charge in [-0.25, -0.2) is 0 Å². The first kappa shape index (κ1) is 19.6. The molecule has 0 atom stereocenters. The van der Waals surface area contributed by atoms with Crippen molar-refractivity contribution in [2.24, 2.45) is 5.41 Å². The van der Waals surface area contributed by atoms with Gasteiger partial charge in [0.2, 0.25) is 5.91 Å². The number of benzene rings is 1. The van der Waals surface area contributed by atoms with Crippen LogP contribution in [0, 0.1) is 5.41 Å². The van der Waals surface area contributed by atoms with E-state index in [1.54, 1.807) is 0 Å². The van der Waals surface area contributed by atoms with Crippen molar-refractivity contribution in [1.29, 1.82) is 0 Å². The summed E-state index contributed by atoms with van der Waals surface area (Å²) >= 11 is 0. The third kappa shape index (κ3) is 7.34. The number of nitrogen functional groups attached to an aromatic ring is 1. The van der Waals surface area contributed by atoms with Crippen molar-refractivity contribution >= 4 is 23.0 Å². The molecule has 4 N–H and O–H groups in total. The highest BCUT2D eigenvalue weighted by Crippen LogP contribution is 2.24. The van der Waals surface area contributed by atoms with Gasteiger partial charge in [0, 0.05) is 18.7 Å². The van der Waals surface area contributed by atoms with Crippen molar-refractivity contribution in [3.05, 3.63) is 18.2 Å². The molecule has 5 heteroatoms. The average Bonchev–Trinajstić information content (AvgIpc) is 2.52. The van der Waals surface area contributed by atoms with E-state index in [0.29, 0.717) is 12.1 Å². The molecule has 0 unspecified atom stereocenters. The van der Waals surface area contributed by atoms with Crippen LogP contribution in [0.5, 0.6) is 0 Å². The van der Waals surface area contributed by atoms with Gasteiger partial charge in [-0.2, -0.15) is 0 Å². The molecule has 1 aromatic carbocycles. The zero-order valence-electron chi connectivity index (χ0n) is 16.0. The van der Waals surface area contributed by atoms with Crippen molar-refractivity contribution in [1.82, 2.24) is 4.90 Å². The van der Waals surface area contributed by atoms with Crippen molar-refractivity contribution < 1.29 is 4.79 Å². The second-order valence-corrected chi connectivity index (χ2v) is 8.27. The van der Waals surface area contributed by atoms with Gasteiger partial charge in [0.1, 0.15) is 0 Å². The minimum Gasteiger partial charge on any atom is -0.397 e. The Bertz CT molecular complexity index is 559. The Morgan fingerprint density at radius 3 is 2.56 bits per heavy atom. The van der Waals surface area contributed by atoms with Crippen LogP contribution in [-0.4, -0.2) is 37.0 Å². The first-order valence-electron chi connectivity index (χ1n) is 9.49. The minimum atomic E-state index is -0.0223. The predicted molar refractivity (Wildman–Crippen MR) is 107 cm³/mol. The lowest BCUT2D eigenvalue weighted by atomic mass is 9.92. The zero-order valence-corrected chi connectivity index (χ0v) is 16.0. The largest absolute Gasteiger partial charge is 0.397 e. The van der Waals surface area contributed by atoms with E-state index in [1.807, 2.05) is 18.2 Å². The quantitative estimate of drug-likeness (QED) is 0.517. The van der Waals surface area contributed by atoms with Gasteiger partial charge >= 0.3 is 0 Å². The molecule has 0 aliphatic carbocycles. The molecule has 1 heterocycles. The highest BCUT2D eigenvalue weighted by molar-refractivity contribution is 5.92. The average molecular weight is 347 g/mol. The smallest absolute Gasteiger partial charge is 0.224 e. The van der Waals surface area contributed by atoms with Gasteiger partial charge in [-0.05, 0) is 62.5 Å². The van der Waals surface area contributed by atoms with Gasteiger partial charge in [-0.15, -0.1) is 0 Å². The van der Waals surface area contributed by atoms with E-state index in [4.69, 9.17) is 5.73 Å². The molecule has 25 heavy (non-hydrogen) atoms. The van der Waals surface area contributed by atoms with E-state index < -0.39 is 0 Å². The lowest BCUT2D eigenvalue weighted by Gasteiger charge is -2.26. The summed E-state index contributed by atoms with van der Waals surface area (Å²) < 4.78 is 0. The topological polar surface area (TPSA) is 70.4 Å². The standard InChI is InChI=1S/C20H34N4O/c1-20(2,3)15-19(25)23-16-8-9-18(17(21)14-16)22-10-7-13-24-11-5-4-6-12-24/h8-9,14,22H,4-7,10-13,15,21H2,1-3H3,(H,23,25). The number of nitrogens with one attached hydrogen (secondary N) is 2. The summed E-state index contributed by atoms with van der Waals surface area (Å²) in [6.07, 6.45) is 5.66. The van der Waals surface area contributed by atoms with E-state index in [2.05, 4.69) is 36.3 Å². The molecule has 0 aromatic heterocycles. The van der Waals surface area contributed by atoms with Gasteiger partial charge in [-0.1, -0.05) is 27.2 Å². The van der Waals surface area contributed by atoms with Crippen LogP contribution in [0.2, 0.25) is 0 Å². The Kier molecular flexibility index (Phi) is 7.12. The number of hydrogen-bond acceptors (Lipinski definition) is 4. The summed E-state index contributed by atoms with van der Waals surface area (Å²) in [5.74, 6) is 0.0224. The molecule has 1 aromatic rings. The summed E-state index contributed by atoms with van der Waals surface area (Å²) in [6.45, 7) is 10.7. The first-order chi connectivity index (χ1) is 11.8. The zero-order chi connectivity index (χ0) is 18.3. The minimum absolute atomic E-state index is 0.0223. The van der Waals surface area contributed by atoms with E-state index in [1.165, 1.54) is 32.4 Å². The highest BCUT2D eigenvalue weighted by atomic mass is 16.1. The number of nitrogens with two attached hydrogens (primary N) is 1. The molecule has 0 saturated carbocycles. The molecular weight excluding hydrogens is 312 g/mol. The summed E-state index contributed by atoms with van der Waals surface area (Å²) in [6, 6.07) is 5.68. The van der Waals surface area contributed by atoms with E-state index >= 15 is 0 Å². The van der Waals surface area contributed by atoms with Crippen LogP contribution < -0.4 is 16.4 Å². The summed E-state index contributed by atoms with van der Waals surface area (Å²) in [7, 11) is 0. The lowest BCUT2D eigenvalue weighted by molar-refractivity contribution is -0.117. The van der Waals surface area contributed by atoms with Gasteiger partial charge in [0.15, 0.2) is 0 Å². The third-order valence-corrected chi connectivity index (χ3v) is 4.44. The fourth-order valence-electron chi connectivity index (χ4n) is 3.20. The SMILES string of the molecule is CC(C)(C)CC(=O)Nc1ccc(NCCCN2CCCCC2)c(N)c1. The van der Waals surface area contributed by atoms with E-state index in [9.17, 15) is 4.79 Å². The van der Waals surface area contributed by atoms with Gasteiger partial charge < -0.3 is 21.3 Å². The number of likely N-dealkylation sites (tertiary alicyclic amines) is 1. The molecule has 1 amide bonds. The number of nitrogens with zero attached hydrogens (tertiary/aromatic N) is 1. The number of amides is 1. The molecule has 5 nitrogen and oxygen atoms in total. The molecule has 1 fully saturated rings. The van der Waals surface area contributed by atoms with Crippen LogP contribution >= 0.6 is 0 Å². The van der Waals surface area contributed by atoms with Crippen molar-refractivity contribution in [2.45, 2.75) is 52.9 Å². The molecule has 2 rings (SSSR count). The summed E-state index contributed by atoms with van der Waals surface area (Å²) in [4.78, 5) is 14.6. The third-order valence-electron chi connectivity index (χ3n) is 4.44. The molecule has 1 aliphatic rings. The Hall–Kier alpha value is -1.75. The van der Waals surface area contributed by atoms with E-state index in [0.717, 1.165) is 30.9 Å². The number of anilines is 3. The first-order valence-corrected chi connectivity index (χ1v) is 9.49. The number of rotatable bonds is 7. The van der Waals surface area contributed by atoms with Crippen LogP contribution in [0.15, 0.2) is 18.2 Å². The van der Waals surface area contributed by atoms with E-state index in [-0.39, 0.29) is 11.3 Å².